The first kappa shape index (κ1) is 20.5. The van der Waals surface area contributed by atoms with Gasteiger partial charge >= 0.3 is 0 Å². The topological polar surface area (TPSA) is 119 Å². The third-order valence-corrected chi connectivity index (χ3v) is 5.26. The number of halogens is 2. The van der Waals surface area contributed by atoms with Crippen LogP contribution in [0.3, 0.4) is 0 Å². The van der Waals surface area contributed by atoms with E-state index in [4.69, 9.17) is 21.1 Å². The molecule has 0 amide bonds. The number of nitroso groups, excluding NO2 is 1. The monoisotopic (exact) mass is 462 g/mol. The van der Waals surface area contributed by atoms with Crippen molar-refractivity contribution >= 4 is 48.8 Å². The molecule has 1 aromatic carbocycles. The molecule has 1 heterocycles. The van der Waals surface area contributed by atoms with Crippen molar-refractivity contribution in [3.05, 3.63) is 39.1 Å². The van der Waals surface area contributed by atoms with Crippen LogP contribution in [0.15, 0.2) is 33.8 Å². The second-order valence-electron chi connectivity index (χ2n) is 5.43. The van der Waals surface area contributed by atoms with Gasteiger partial charge in [0.1, 0.15) is 11.6 Å². The van der Waals surface area contributed by atoms with E-state index in [-0.39, 0.29) is 15.9 Å². The van der Waals surface area contributed by atoms with E-state index in [0.717, 1.165) is 10.9 Å². The Morgan fingerprint density at radius 3 is 2.88 bits per heavy atom. The summed E-state index contributed by atoms with van der Waals surface area (Å²) >= 11 is 9.09. The molecule has 1 aromatic heterocycles. The van der Waals surface area contributed by atoms with E-state index < -0.39 is 9.73 Å². The molecule has 1 atom stereocenters. The van der Waals surface area contributed by atoms with E-state index in [9.17, 15) is 9.12 Å². The molecule has 2 aromatic rings. The van der Waals surface area contributed by atoms with Crippen LogP contribution >= 0.6 is 27.5 Å². The van der Waals surface area contributed by atoms with Gasteiger partial charge in [-0.15, -0.1) is 0 Å². The van der Waals surface area contributed by atoms with Crippen molar-refractivity contribution in [1.82, 2.24) is 9.97 Å². The predicted octanol–water partition coefficient (Wildman–Crippen LogP) is 2.68. The van der Waals surface area contributed by atoms with Crippen molar-refractivity contribution in [2.45, 2.75) is 17.7 Å². The molecule has 11 heteroatoms. The lowest BCUT2D eigenvalue weighted by molar-refractivity contribution is -0.379. The van der Waals surface area contributed by atoms with Gasteiger partial charge in [0.2, 0.25) is 5.28 Å². The second kappa shape index (κ2) is 9.24. The Hall–Kier alpha value is -1.78. The van der Waals surface area contributed by atoms with Gasteiger partial charge in [0.15, 0.2) is 0 Å². The van der Waals surface area contributed by atoms with Crippen molar-refractivity contribution in [3.8, 4) is 5.75 Å². The Morgan fingerprint density at radius 1 is 1.42 bits per heavy atom. The zero-order chi connectivity index (χ0) is 19.2. The van der Waals surface area contributed by atoms with Gasteiger partial charge in [-0.1, -0.05) is 0 Å². The van der Waals surface area contributed by atoms with Gasteiger partial charge in [-0.2, -0.15) is 4.98 Å². The first-order valence-electron chi connectivity index (χ1n) is 7.62. The summed E-state index contributed by atoms with van der Waals surface area (Å²) in [6, 6.07) is 4.41. The zero-order valence-electron chi connectivity index (χ0n) is 13.9. The Bertz CT molecular complexity index is 895. The Morgan fingerprint density at radius 2 is 2.19 bits per heavy atom. The third-order valence-electron chi connectivity index (χ3n) is 3.32. The summed E-state index contributed by atoms with van der Waals surface area (Å²) < 4.78 is 26.1. The largest absolute Gasteiger partial charge is 0.492 e. The predicted molar refractivity (Wildman–Crippen MR) is 103 cm³/mol. The van der Waals surface area contributed by atoms with E-state index in [1.165, 1.54) is 24.5 Å². The highest BCUT2D eigenvalue weighted by molar-refractivity contribution is 9.10. The van der Waals surface area contributed by atoms with Gasteiger partial charge < -0.3 is 10.1 Å². The van der Waals surface area contributed by atoms with Crippen molar-refractivity contribution in [2.24, 2.45) is 0 Å². The van der Waals surface area contributed by atoms with Crippen LogP contribution in [-0.4, -0.2) is 33.6 Å². The fourth-order valence-corrected chi connectivity index (χ4v) is 3.39. The highest BCUT2D eigenvalue weighted by atomic mass is 79.9. The molecular weight excluding hydrogens is 446 g/mol. The summed E-state index contributed by atoms with van der Waals surface area (Å²) in [5.74, 6) is 0.897. The highest BCUT2D eigenvalue weighted by Gasteiger charge is 2.14. The van der Waals surface area contributed by atoms with Gasteiger partial charge in [0.25, 0.3) is 5.69 Å². The third kappa shape index (κ3) is 5.89. The fraction of sp³-hybridized carbons (Fsp3) is 0.333. The van der Waals surface area contributed by atoms with Crippen LogP contribution in [0.1, 0.15) is 12.8 Å². The standard InChI is InChI=1S/C15H17BrClN5O3S/c1-26(18,24)13-5-4-10(22-23)8-12(13)25-7-3-2-6-19-14-11(16)9-20-15(17)21-14/h4-5,8-9,18H,2-3,6-7H2,1H3,(H,19,20,21)/p+1. The molecule has 0 saturated heterocycles. The highest BCUT2D eigenvalue weighted by Crippen LogP contribution is 2.26. The molecule has 0 aliphatic carbocycles. The molecule has 0 aliphatic rings. The number of benzene rings is 1. The van der Waals surface area contributed by atoms with Gasteiger partial charge in [-0.05, 0) is 46.4 Å². The molecule has 3 N–H and O–H groups in total. The molecule has 26 heavy (non-hydrogen) atoms. The number of ether oxygens (including phenoxy) is 1. The molecule has 2 rings (SSSR count). The SMILES string of the molecule is CS(=N)(=O)c1ccc([NH+]=O)cc1OCCCCNc1nc(Cl)ncc1Br. The van der Waals surface area contributed by atoms with Gasteiger partial charge in [0.05, 0.1) is 31.8 Å². The zero-order valence-corrected chi connectivity index (χ0v) is 17.1. The number of unbranched alkanes of at least 4 members (excludes halogenated alkanes) is 1. The van der Waals surface area contributed by atoms with E-state index >= 15 is 0 Å². The number of hydrogen-bond donors (Lipinski definition) is 3. The number of nitrogens with one attached hydrogen (secondary N) is 3. The number of anilines is 1. The number of nitrogens with zero attached hydrogens (tertiary/aromatic N) is 2. The molecule has 8 nitrogen and oxygen atoms in total. The van der Waals surface area contributed by atoms with Crippen LogP contribution in [0.4, 0.5) is 11.5 Å². The maximum atomic E-state index is 12.0. The Labute approximate surface area is 164 Å². The lowest BCUT2D eigenvalue weighted by Gasteiger charge is -2.11. The molecule has 0 aliphatic heterocycles. The first-order chi connectivity index (χ1) is 12.3. The summed E-state index contributed by atoms with van der Waals surface area (Å²) in [4.78, 5) is 19.0. The minimum absolute atomic E-state index is 0.164. The molecule has 0 fully saturated rings. The molecule has 0 spiro atoms. The van der Waals surface area contributed by atoms with Crippen LogP contribution in [0.25, 0.3) is 0 Å². The Kier molecular flexibility index (Phi) is 7.30. The van der Waals surface area contributed by atoms with Crippen molar-refractivity contribution in [2.75, 3.05) is 24.7 Å². The lowest BCUT2D eigenvalue weighted by atomic mass is 10.3. The smallest absolute Gasteiger partial charge is 0.257 e. The molecule has 0 radical (unpaired) electrons. The second-order valence-corrected chi connectivity index (χ2v) is 8.74. The van der Waals surface area contributed by atoms with Gasteiger partial charge in [-0.25, -0.2) is 14.0 Å². The van der Waals surface area contributed by atoms with Crippen LogP contribution < -0.4 is 15.2 Å². The number of rotatable bonds is 9. The molecule has 0 bridgehead atoms. The molecule has 1 unspecified atom stereocenters. The van der Waals surface area contributed by atoms with E-state index in [2.05, 4.69) is 31.2 Å². The van der Waals surface area contributed by atoms with Crippen molar-refractivity contribution < 1.29 is 14.1 Å². The quantitative estimate of drug-likeness (QED) is 0.388. The molecule has 0 saturated carbocycles. The van der Waals surface area contributed by atoms with E-state index in [0.29, 0.717) is 31.1 Å². The summed E-state index contributed by atoms with van der Waals surface area (Å²) in [6.45, 7) is 1.01. The number of aromatic nitrogens is 2. The fourth-order valence-electron chi connectivity index (χ4n) is 2.09. The average molecular weight is 464 g/mol. The van der Waals surface area contributed by atoms with E-state index in [1.54, 1.807) is 11.4 Å². The summed E-state index contributed by atoms with van der Waals surface area (Å²) in [6.07, 6.45) is 4.38. The molecular formula is C15H18BrClN5O3S+. The Balaban J connectivity index is 1.86. The normalized spacial score (nSPS) is 13.0. The number of hydrogen-bond acceptors (Lipinski definition) is 7. The summed E-state index contributed by atoms with van der Waals surface area (Å²) in [7, 11) is -2.95. The van der Waals surface area contributed by atoms with E-state index in [1.807, 2.05) is 0 Å². The summed E-state index contributed by atoms with van der Waals surface area (Å²) in [5, 5.41) is 5.07. The van der Waals surface area contributed by atoms with Gasteiger partial charge in [-0.3, -0.25) is 0 Å². The lowest BCUT2D eigenvalue weighted by Crippen LogP contribution is -2.55. The van der Waals surface area contributed by atoms with Crippen LogP contribution in [-0.2, 0) is 9.73 Å². The maximum absolute atomic E-state index is 12.0. The average Bonchev–Trinajstić information content (AvgIpc) is 2.59. The summed E-state index contributed by atoms with van der Waals surface area (Å²) in [5.41, 5.74) is 0.291. The van der Waals surface area contributed by atoms with Crippen LogP contribution in [0.5, 0.6) is 5.75 Å². The molecule has 140 valence electrons. The van der Waals surface area contributed by atoms with Crippen molar-refractivity contribution in [1.29, 1.82) is 4.78 Å². The van der Waals surface area contributed by atoms with Gasteiger partial charge in [0, 0.05) is 35.1 Å². The minimum atomic E-state index is -2.95. The van der Waals surface area contributed by atoms with Crippen LogP contribution in [0.2, 0.25) is 5.28 Å². The van der Waals surface area contributed by atoms with Crippen molar-refractivity contribution in [3.63, 3.8) is 0 Å². The maximum Gasteiger partial charge on any atom is 0.257 e. The first-order valence-corrected chi connectivity index (χ1v) is 10.8. The van der Waals surface area contributed by atoms with Crippen LogP contribution in [0, 0.1) is 9.69 Å². The minimum Gasteiger partial charge on any atom is -0.492 e.